The maximum atomic E-state index is 12.4. The Morgan fingerprint density at radius 1 is 1.27 bits per heavy atom. The van der Waals surface area contributed by atoms with Crippen LogP contribution in [0.15, 0.2) is 35.1 Å². The molecule has 1 fully saturated rings. The Bertz CT molecular complexity index is 748. The molecule has 0 bridgehead atoms. The molecule has 0 radical (unpaired) electrons. The summed E-state index contributed by atoms with van der Waals surface area (Å²) >= 11 is 0. The number of oxazole rings is 1. The number of nitrogens with zero attached hydrogens (tertiary/aromatic N) is 1. The fourth-order valence-electron chi connectivity index (χ4n) is 2.86. The predicted octanol–water partition coefficient (Wildman–Crippen LogP) is 3.19. The van der Waals surface area contributed by atoms with Crippen LogP contribution in [-0.4, -0.2) is 23.4 Å². The zero-order valence-corrected chi connectivity index (χ0v) is 14.8. The van der Waals surface area contributed by atoms with E-state index in [1.165, 1.54) is 6.39 Å². The lowest BCUT2D eigenvalue weighted by molar-refractivity contribution is -0.116. The second kappa shape index (κ2) is 8.62. The lowest BCUT2D eigenvalue weighted by atomic mass is 10.1. The molecule has 0 aliphatic carbocycles. The monoisotopic (exact) mass is 357 g/mol. The second-order valence-corrected chi connectivity index (χ2v) is 6.24. The molecule has 0 saturated carbocycles. The number of amides is 2. The summed E-state index contributed by atoms with van der Waals surface area (Å²) in [4.78, 5) is 28.0. The van der Waals surface area contributed by atoms with Gasteiger partial charge in [-0.3, -0.25) is 9.59 Å². The molecule has 1 saturated heterocycles. The van der Waals surface area contributed by atoms with Gasteiger partial charge >= 0.3 is 0 Å². The van der Waals surface area contributed by atoms with Crippen LogP contribution in [-0.2, 0) is 16.1 Å². The maximum absolute atomic E-state index is 12.4. The number of aromatic nitrogens is 1. The molecule has 26 heavy (non-hydrogen) atoms. The van der Waals surface area contributed by atoms with Crippen molar-refractivity contribution in [3.8, 4) is 0 Å². The van der Waals surface area contributed by atoms with Gasteiger partial charge in [-0.15, -0.1) is 0 Å². The smallest absolute Gasteiger partial charge is 0.273 e. The van der Waals surface area contributed by atoms with Crippen molar-refractivity contribution in [1.29, 1.82) is 0 Å². The van der Waals surface area contributed by atoms with Gasteiger partial charge in [0.1, 0.15) is 6.10 Å². The fourth-order valence-corrected chi connectivity index (χ4v) is 2.86. The standard InChI is InChI=1S/C19H23N3O4/c1-2-4-16(23)22-14-8-6-13(7-9-14)11-20-19(24)17-18(26-12-21-17)15-5-3-10-25-15/h6-9,12,15H,2-5,10-11H2,1H3,(H,20,24)(H,22,23). The second-order valence-electron chi connectivity index (χ2n) is 6.24. The highest BCUT2D eigenvalue weighted by atomic mass is 16.5. The van der Waals surface area contributed by atoms with E-state index in [0.717, 1.165) is 30.5 Å². The Labute approximate surface area is 152 Å². The summed E-state index contributed by atoms with van der Waals surface area (Å²) in [6, 6.07) is 7.38. The van der Waals surface area contributed by atoms with Crippen LogP contribution in [0.4, 0.5) is 5.69 Å². The summed E-state index contributed by atoms with van der Waals surface area (Å²) in [7, 11) is 0. The van der Waals surface area contributed by atoms with Crippen LogP contribution in [0.3, 0.4) is 0 Å². The molecule has 3 rings (SSSR count). The van der Waals surface area contributed by atoms with Gasteiger partial charge in [0.25, 0.3) is 5.91 Å². The van der Waals surface area contributed by atoms with Crippen LogP contribution in [0.25, 0.3) is 0 Å². The Morgan fingerprint density at radius 3 is 2.77 bits per heavy atom. The molecule has 0 spiro atoms. The van der Waals surface area contributed by atoms with Crippen LogP contribution >= 0.6 is 0 Å². The summed E-state index contributed by atoms with van der Waals surface area (Å²) < 4.78 is 10.9. The minimum absolute atomic E-state index is 0.00115. The fraction of sp³-hybridized carbons (Fsp3) is 0.421. The lowest BCUT2D eigenvalue weighted by Gasteiger charge is -2.09. The van der Waals surface area contributed by atoms with E-state index in [9.17, 15) is 9.59 Å². The topological polar surface area (TPSA) is 93.5 Å². The molecule has 1 atom stereocenters. The van der Waals surface area contributed by atoms with E-state index in [-0.39, 0.29) is 23.6 Å². The van der Waals surface area contributed by atoms with Crippen molar-refractivity contribution in [2.75, 3.05) is 11.9 Å². The molecule has 7 heteroatoms. The third-order valence-electron chi connectivity index (χ3n) is 4.20. The number of carbonyl (C=O) groups excluding carboxylic acids is 2. The SMILES string of the molecule is CCCC(=O)Nc1ccc(CNC(=O)c2ncoc2C2CCCO2)cc1. The Balaban J connectivity index is 1.55. The summed E-state index contributed by atoms with van der Waals surface area (Å²) in [5.41, 5.74) is 1.95. The highest BCUT2D eigenvalue weighted by molar-refractivity contribution is 5.93. The zero-order chi connectivity index (χ0) is 18.4. The van der Waals surface area contributed by atoms with Gasteiger partial charge in [-0.25, -0.2) is 4.98 Å². The minimum Gasteiger partial charge on any atom is -0.445 e. The highest BCUT2D eigenvalue weighted by Crippen LogP contribution is 2.30. The number of hydrogen-bond acceptors (Lipinski definition) is 5. The van der Waals surface area contributed by atoms with Gasteiger partial charge < -0.3 is 19.8 Å². The molecule has 2 aromatic rings. The first-order valence-corrected chi connectivity index (χ1v) is 8.89. The van der Waals surface area contributed by atoms with Crippen molar-refractivity contribution in [3.63, 3.8) is 0 Å². The van der Waals surface area contributed by atoms with E-state index in [0.29, 0.717) is 25.3 Å². The number of ether oxygens (including phenoxy) is 1. The normalized spacial score (nSPS) is 16.4. The van der Waals surface area contributed by atoms with Gasteiger partial charge in [0.2, 0.25) is 5.91 Å². The predicted molar refractivity (Wildman–Crippen MR) is 95.6 cm³/mol. The number of nitrogens with one attached hydrogen (secondary N) is 2. The first-order chi connectivity index (χ1) is 12.7. The molecule has 1 unspecified atom stereocenters. The first-order valence-electron chi connectivity index (χ1n) is 8.89. The first kappa shape index (κ1) is 18.1. The molecule has 1 aromatic carbocycles. The van der Waals surface area contributed by atoms with Crippen LogP contribution in [0.1, 0.15) is 60.5 Å². The van der Waals surface area contributed by atoms with Crippen LogP contribution in [0.2, 0.25) is 0 Å². The van der Waals surface area contributed by atoms with Crippen LogP contribution in [0.5, 0.6) is 0 Å². The molecule has 2 amide bonds. The van der Waals surface area contributed by atoms with Crippen LogP contribution < -0.4 is 10.6 Å². The summed E-state index contributed by atoms with van der Waals surface area (Å²) in [6.45, 7) is 3.00. The van der Waals surface area contributed by atoms with Crippen molar-refractivity contribution in [2.45, 2.75) is 45.3 Å². The Kier molecular flexibility index (Phi) is 6.01. The minimum atomic E-state index is -0.287. The van der Waals surface area contributed by atoms with Gasteiger partial charge in [-0.05, 0) is 37.0 Å². The molecule has 7 nitrogen and oxygen atoms in total. The zero-order valence-electron chi connectivity index (χ0n) is 14.8. The lowest BCUT2D eigenvalue weighted by Crippen LogP contribution is -2.24. The Morgan fingerprint density at radius 2 is 2.08 bits per heavy atom. The third kappa shape index (κ3) is 4.49. The number of rotatable bonds is 7. The van der Waals surface area contributed by atoms with Gasteiger partial charge in [0.15, 0.2) is 17.8 Å². The van der Waals surface area contributed by atoms with E-state index >= 15 is 0 Å². The molecule has 2 N–H and O–H groups in total. The molecule has 2 heterocycles. The largest absolute Gasteiger partial charge is 0.445 e. The maximum Gasteiger partial charge on any atom is 0.273 e. The average molecular weight is 357 g/mol. The average Bonchev–Trinajstić information content (AvgIpc) is 3.32. The number of hydrogen-bond donors (Lipinski definition) is 2. The van der Waals surface area contributed by atoms with E-state index < -0.39 is 0 Å². The molecular weight excluding hydrogens is 334 g/mol. The molecule has 1 aliphatic heterocycles. The van der Waals surface area contributed by atoms with E-state index in [4.69, 9.17) is 9.15 Å². The van der Waals surface area contributed by atoms with Crippen LogP contribution in [0, 0.1) is 0 Å². The summed E-state index contributed by atoms with van der Waals surface area (Å²) in [5, 5.41) is 5.67. The van der Waals surface area contributed by atoms with Gasteiger partial charge in [-0.2, -0.15) is 0 Å². The third-order valence-corrected chi connectivity index (χ3v) is 4.20. The van der Waals surface area contributed by atoms with Gasteiger partial charge in [-0.1, -0.05) is 19.1 Å². The van der Waals surface area contributed by atoms with Crippen molar-refractivity contribution < 1.29 is 18.7 Å². The van der Waals surface area contributed by atoms with E-state index in [2.05, 4.69) is 15.6 Å². The molecule has 1 aliphatic rings. The van der Waals surface area contributed by atoms with Crippen molar-refractivity contribution in [1.82, 2.24) is 10.3 Å². The van der Waals surface area contributed by atoms with Crippen molar-refractivity contribution in [2.24, 2.45) is 0 Å². The van der Waals surface area contributed by atoms with Gasteiger partial charge in [0, 0.05) is 25.3 Å². The van der Waals surface area contributed by atoms with Crippen molar-refractivity contribution >= 4 is 17.5 Å². The van der Waals surface area contributed by atoms with E-state index in [1.807, 2.05) is 31.2 Å². The summed E-state index contributed by atoms with van der Waals surface area (Å²) in [5.74, 6) is 0.208. The summed E-state index contributed by atoms with van der Waals surface area (Å²) in [6.07, 6.45) is 4.19. The number of benzene rings is 1. The molecule has 138 valence electrons. The Hall–Kier alpha value is -2.67. The van der Waals surface area contributed by atoms with E-state index in [1.54, 1.807) is 0 Å². The van der Waals surface area contributed by atoms with Gasteiger partial charge in [0.05, 0.1) is 0 Å². The molecule has 1 aromatic heterocycles. The number of carbonyl (C=O) groups is 2. The highest BCUT2D eigenvalue weighted by Gasteiger charge is 2.27. The number of anilines is 1. The quantitative estimate of drug-likeness (QED) is 0.794. The molecular formula is C19H23N3O4. The van der Waals surface area contributed by atoms with Crippen molar-refractivity contribution in [3.05, 3.63) is 47.7 Å².